The summed E-state index contributed by atoms with van der Waals surface area (Å²) >= 11 is 0. The molecule has 1 rings (SSSR count). The highest BCUT2D eigenvalue weighted by Gasteiger charge is 2.16. The first-order chi connectivity index (χ1) is 7.63. The summed E-state index contributed by atoms with van der Waals surface area (Å²) in [5, 5.41) is 8.96. The van der Waals surface area contributed by atoms with E-state index in [1.165, 1.54) is 13.3 Å². The average molecular weight is 225 g/mol. The summed E-state index contributed by atoms with van der Waals surface area (Å²) in [6.45, 7) is 5.36. The van der Waals surface area contributed by atoms with Gasteiger partial charge in [-0.3, -0.25) is 0 Å². The van der Waals surface area contributed by atoms with Gasteiger partial charge in [0, 0.05) is 13.1 Å². The molecule has 0 aliphatic heterocycles. The Kier molecular flexibility index (Phi) is 4.04. The maximum atomic E-state index is 10.9. The highest BCUT2D eigenvalue weighted by molar-refractivity contribution is 5.88. The van der Waals surface area contributed by atoms with Crippen molar-refractivity contribution < 1.29 is 14.6 Å². The molecule has 0 amide bonds. The van der Waals surface area contributed by atoms with Crippen molar-refractivity contribution in [3.05, 3.63) is 11.9 Å². The van der Waals surface area contributed by atoms with Crippen molar-refractivity contribution in [3.63, 3.8) is 0 Å². The van der Waals surface area contributed by atoms with Crippen molar-refractivity contribution in [1.29, 1.82) is 0 Å². The van der Waals surface area contributed by atoms with E-state index in [0.717, 1.165) is 13.1 Å². The van der Waals surface area contributed by atoms with Gasteiger partial charge in [0.05, 0.1) is 13.3 Å². The SMILES string of the molecule is CCN(CC)c1ncc(OC)c(C(=O)O)n1. The Labute approximate surface area is 93.9 Å². The van der Waals surface area contributed by atoms with Crippen LogP contribution in [0.2, 0.25) is 0 Å². The molecule has 0 atom stereocenters. The molecule has 0 spiro atoms. The number of hydrogen-bond donors (Lipinski definition) is 1. The first-order valence-electron chi connectivity index (χ1n) is 5.03. The van der Waals surface area contributed by atoms with E-state index in [0.29, 0.717) is 5.95 Å². The molecular weight excluding hydrogens is 210 g/mol. The maximum absolute atomic E-state index is 10.9. The molecule has 1 heterocycles. The lowest BCUT2D eigenvalue weighted by Crippen LogP contribution is -2.25. The van der Waals surface area contributed by atoms with E-state index in [1.54, 1.807) is 0 Å². The molecule has 0 saturated carbocycles. The van der Waals surface area contributed by atoms with Crippen LogP contribution in [0, 0.1) is 0 Å². The summed E-state index contributed by atoms with van der Waals surface area (Å²) in [5.41, 5.74) is -0.112. The van der Waals surface area contributed by atoms with E-state index < -0.39 is 5.97 Å². The first-order valence-corrected chi connectivity index (χ1v) is 5.03. The van der Waals surface area contributed by atoms with Crippen molar-refractivity contribution in [2.75, 3.05) is 25.1 Å². The fourth-order valence-corrected chi connectivity index (χ4v) is 1.32. The minimum Gasteiger partial charge on any atom is -0.493 e. The van der Waals surface area contributed by atoms with Gasteiger partial charge in [-0.25, -0.2) is 14.8 Å². The molecule has 0 radical (unpaired) electrons. The van der Waals surface area contributed by atoms with Crippen LogP contribution in [0.25, 0.3) is 0 Å². The second kappa shape index (κ2) is 5.29. The Balaban J connectivity index is 3.15. The number of anilines is 1. The Hall–Kier alpha value is -1.85. The second-order valence-electron chi connectivity index (χ2n) is 3.06. The molecule has 0 unspecified atom stereocenters. The Morgan fingerprint density at radius 1 is 1.50 bits per heavy atom. The quantitative estimate of drug-likeness (QED) is 0.806. The van der Waals surface area contributed by atoms with Crippen molar-refractivity contribution in [1.82, 2.24) is 9.97 Å². The zero-order chi connectivity index (χ0) is 12.1. The molecule has 0 fully saturated rings. The molecular formula is C10H15N3O3. The molecule has 0 aliphatic rings. The van der Waals surface area contributed by atoms with Gasteiger partial charge in [0.1, 0.15) is 0 Å². The standard InChI is InChI=1S/C10H15N3O3/c1-4-13(5-2)10-11-6-7(16-3)8(12-10)9(14)15/h6H,4-5H2,1-3H3,(H,14,15). The summed E-state index contributed by atoms with van der Waals surface area (Å²) in [5.74, 6) is -0.542. The van der Waals surface area contributed by atoms with Crippen molar-refractivity contribution >= 4 is 11.9 Å². The highest BCUT2D eigenvalue weighted by atomic mass is 16.5. The third-order valence-electron chi connectivity index (χ3n) is 2.21. The van der Waals surface area contributed by atoms with Gasteiger partial charge in [0.25, 0.3) is 0 Å². The molecule has 88 valence electrons. The molecule has 1 N–H and O–H groups in total. The van der Waals surface area contributed by atoms with Gasteiger partial charge in [-0.2, -0.15) is 0 Å². The van der Waals surface area contributed by atoms with E-state index in [4.69, 9.17) is 9.84 Å². The van der Waals surface area contributed by atoms with Crippen molar-refractivity contribution in [3.8, 4) is 5.75 Å². The Morgan fingerprint density at radius 2 is 2.12 bits per heavy atom. The lowest BCUT2D eigenvalue weighted by atomic mass is 10.4. The van der Waals surface area contributed by atoms with Crippen LogP contribution >= 0.6 is 0 Å². The number of methoxy groups -OCH3 is 1. The number of carboxylic acid groups (broad SMARTS) is 1. The van der Waals surface area contributed by atoms with E-state index in [2.05, 4.69) is 9.97 Å². The minimum absolute atomic E-state index is 0.112. The minimum atomic E-state index is -1.12. The van der Waals surface area contributed by atoms with Gasteiger partial charge in [-0.05, 0) is 13.8 Å². The van der Waals surface area contributed by atoms with Gasteiger partial charge in [0.2, 0.25) is 5.95 Å². The third-order valence-corrected chi connectivity index (χ3v) is 2.21. The number of nitrogens with zero attached hydrogens (tertiary/aromatic N) is 3. The fourth-order valence-electron chi connectivity index (χ4n) is 1.32. The first kappa shape index (κ1) is 12.2. The second-order valence-corrected chi connectivity index (χ2v) is 3.06. The molecule has 0 aliphatic carbocycles. The van der Waals surface area contributed by atoms with Crippen LogP contribution in [0.3, 0.4) is 0 Å². The number of aromatic carboxylic acids is 1. The number of carboxylic acids is 1. The molecule has 6 heteroatoms. The maximum Gasteiger partial charge on any atom is 0.358 e. The predicted octanol–water partition coefficient (Wildman–Crippen LogP) is 1.03. The van der Waals surface area contributed by atoms with Crippen molar-refractivity contribution in [2.45, 2.75) is 13.8 Å². The summed E-state index contributed by atoms with van der Waals surface area (Å²) in [4.78, 5) is 20.8. The summed E-state index contributed by atoms with van der Waals surface area (Å²) in [6.07, 6.45) is 1.38. The smallest absolute Gasteiger partial charge is 0.358 e. The largest absolute Gasteiger partial charge is 0.493 e. The van der Waals surface area contributed by atoms with Gasteiger partial charge in [0.15, 0.2) is 11.4 Å². The number of hydrogen-bond acceptors (Lipinski definition) is 5. The van der Waals surface area contributed by atoms with Crippen molar-refractivity contribution in [2.24, 2.45) is 0 Å². The molecule has 0 bridgehead atoms. The monoisotopic (exact) mass is 225 g/mol. The van der Waals surface area contributed by atoms with Gasteiger partial charge < -0.3 is 14.7 Å². The normalized spacial score (nSPS) is 9.94. The molecule has 16 heavy (non-hydrogen) atoms. The average Bonchev–Trinajstić information content (AvgIpc) is 2.30. The van der Waals surface area contributed by atoms with Crippen LogP contribution in [0.4, 0.5) is 5.95 Å². The number of ether oxygens (including phenoxy) is 1. The van der Waals surface area contributed by atoms with E-state index in [1.807, 2.05) is 18.7 Å². The lowest BCUT2D eigenvalue weighted by Gasteiger charge is -2.18. The number of rotatable bonds is 5. The Morgan fingerprint density at radius 3 is 2.56 bits per heavy atom. The molecule has 0 aromatic carbocycles. The Bertz CT molecular complexity index is 378. The fraction of sp³-hybridized carbons (Fsp3) is 0.500. The van der Waals surface area contributed by atoms with E-state index in [9.17, 15) is 4.79 Å². The summed E-state index contributed by atoms with van der Waals surface area (Å²) in [6, 6.07) is 0. The number of carbonyl (C=O) groups is 1. The molecule has 1 aromatic rings. The zero-order valence-electron chi connectivity index (χ0n) is 9.60. The third kappa shape index (κ3) is 2.39. The molecule has 6 nitrogen and oxygen atoms in total. The summed E-state index contributed by atoms with van der Waals surface area (Å²) < 4.78 is 4.88. The lowest BCUT2D eigenvalue weighted by molar-refractivity contribution is 0.0686. The number of aromatic nitrogens is 2. The van der Waals surface area contributed by atoms with E-state index in [-0.39, 0.29) is 11.4 Å². The zero-order valence-corrected chi connectivity index (χ0v) is 9.60. The van der Waals surface area contributed by atoms with Crippen LogP contribution < -0.4 is 9.64 Å². The summed E-state index contributed by atoms with van der Waals surface area (Å²) in [7, 11) is 1.39. The van der Waals surface area contributed by atoms with Crippen LogP contribution in [0.1, 0.15) is 24.3 Å². The van der Waals surface area contributed by atoms with Crippen LogP contribution in [-0.4, -0.2) is 41.2 Å². The predicted molar refractivity (Wildman–Crippen MR) is 59.1 cm³/mol. The topological polar surface area (TPSA) is 75.6 Å². The van der Waals surface area contributed by atoms with E-state index >= 15 is 0 Å². The van der Waals surface area contributed by atoms with Crippen LogP contribution in [0.5, 0.6) is 5.75 Å². The van der Waals surface area contributed by atoms with Gasteiger partial charge in [-0.1, -0.05) is 0 Å². The molecule has 0 saturated heterocycles. The van der Waals surface area contributed by atoms with Gasteiger partial charge in [-0.15, -0.1) is 0 Å². The highest BCUT2D eigenvalue weighted by Crippen LogP contribution is 2.17. The van der Waals surface area contributed by atoms with Crippen LogP contribution in [-0.2, 0) is 0 Å². The van der Waals surface area contributed by atoms with Crippen LogP contribution in [0.15, 0.2) is 6.20 Å². The molecule has 1 aromatic heterocycles. The van der Waals surface area contributed by atoms with Gasteiger partial charge >= 0.3 is 5.97 Å².